The molecule has 0 aliphatic heterocycles. The lowest BCUT2D eigenvalue weighted by molar-refractivity contribution is 0.000468. The number of nitrogens with one attached hydrogen (secondary N) is 1. The summed E-state index contributed by atoms with van der Waals surface area (Å²) in [5, 5.41) is 14.0. The zero-order valence-electron chi connectivity index (χ0n) is 12.5. The second kappa shape index (κ2) is 5.50. The van der Waals surface area contributed by atoms with Gasteiger partial charge in [-0.05, 0) is 37.0 Å². The van der Waals surface area contributed by atoms with Gasteiger partial charge >= 0.3 is 0 Å². The lowest BCUT2D eigenvalue weighted by Crippen LogP contribution is -2.61. The van der Waals surface area contributed by atoms with Gasteiger partial charge < -0.3 is 10.4 Å². The van der Waals surface area contributed by atoms with Crippen molar-refractivity contribution >= 4 is 0 Å². The largest absolute Gasteiger partial charge is 0.394 e. The SMILES string of the molecule is CC(C)(C)C1CCCCC1(CO)NC1CCCC1. The minimum absolute atomic E-state index is 0.00843. The molecule has 0 bridgehead atoms. The molecule has 2 unspecified atom stereocenters. The van der Waals surface area contributed by atoms with E-state index in [-0.39, 0.29) is 11.0 Å². The number of aliphatic hydroxyl groups is 1. The third-order valence-corrected chi connectivity index (χ3v) is 5.21. The van der Waals surface area contributed by atoms with E-state index in [1.54, 1.807) is 0 Å². The average Bonchev–Trinajstić information content (AvgIpc) is 2.81. The maximum absolute atomic E-state index is 10.1. The molecule has 0 radical (unpaired) electrons. The molecular formula is C16H31NO. The van der Waals surface area contributed by atoms with Gasteiger partial charge in [0.2, 0.25) is 0 Å². The Morgan fingerprint density at radius 1 is 1.06 bits per heavy atom. The van der Waals surface area contributed by atoms with Crippen LogP contribution in [-0.2, 0) is 0 Å². The number of rotatable bonds is 3. The maximum atomic E-state index is 10.1. The van der Waals surface area contributed by atoms with Gasteiger partial charge in [0.1, 0.15) is 0 Å². The second-order valence-corrected chi connectivity index (χ2v) is 7.60. The first-order valence-electron chi connectivity index (χ1n) is 7.86. The van der Waals surface area contributed by atoms with Crippen LogP contribution in [0.5, 0.6) is 0 Å². The predicted molar refractivity (Wildman–Crippen MR) is 76.6 cm³/mol. The van der Waals surface area contributed by atoms with Crippen molar-refractivity contribution in [2.24, 2.45) is 11.3 Å². The Balaban J connectivity index is 2.14. The molecule has 0 aromatic heterocycles. The Morgan fingerprint density at radius 2 is 1.67 bits per heavy atom. The molecule has 0 aromatic carbocycles. The van der Waals surface area contributed by atoms with Crippen LogP contribution in [0.2, 0.25) is 0 Å². The molecule has 0 saturated heterocycles. The summed E-state index contributed by atoms with van der Waals surface area (Å²) in [6.07, 6.45) is 10.4. The van der Waals surface area contributed by atoms with Crippen LogP contribution in [0.25, 0.3) is 0 Å². The van der Waals surface area contributed by atoms with Crippen molar-refractivity contribution in [1.29, 1.82) is 0 Å². The highest BCUT2D eigenvalue weighted by molar-refractivity contribution is 5.03. The third kappa shape index (κ3) is 2.91. The minimum atomic E-state index is -0.00843. The zero-order chi connectivity index (χ0) is 13.2. The fourth-order valence-corrected chi connectivity index (χ4v) is 4.39. The number of hydrogen-bond donors (Lipinski definition) is 2. The van der Waals surface area contributed by atoms with Crippen molar-refractivity contribution in [2.75, 3.05) is 6.61 Å². The summed E-state index contributed by atoms with van der Waals surface area (Å²) in [6, 6.07) is 0.653. The van der Waals surface area contributed by atoms with Gasteiger partial charge in [-0.2, -0.15) is 0 Å². The number of hydrogen-bond acceptors (Lipinski definition) is 2. The fraction of sp³-hybridized carbons (Fsp3) is 1.00. The van der Waals surface area contributed by atoms with E-state index >= 15 is 0 Å². The Morgan fingerprint density at radius 3 is 2.22 bits per heavy atom. The topological polar surface area (TPSA) is 32.3 Å². The molecular weight excluding hydrogens is 222 g/mol. The molecule has 2 aliphatic carbocycles. The molecule has 0 aromatic rings. The summed E-state index contributed by atoms with van der Waals surface area (Å²) in [4.78, 5) is 0. The number of aliphatic hydroxyl groups excluding tert-OH is 1. The first-order chi connectivity index (χ1) is 8.48. The van der Waals surface area contributed by atoms with E-state index in [2.05, 4.69) is 26.1 Å². The van der Waals surface area contributed by atoms with Crippen molar-refractivity contribution in [3.05, 3.63) is 0 Å². The van der Waals surface area contributed by atoms with Crippen molar-refractivity contribution in [2.45, 2.75) is 83.7 Å². The molecule has 2 fully saturated rings. The van der Waals surface area contributed by atoms with Gasteiger partial charge in [-0.15, -0.1) is 0 Å². The normalized spacial score (nSPS) is 35.0. The van der Waals surface area contributed by atoms with Crippen LogP contribution in [0.15, 0.2) is 0 Å². The van der Waals surface area contributed by atoms with Gasteiger partial charge in [0.15, 0.2) is 0 Å². The highest BCUT2D eigenvalue weighted by Gasteiger charge is 2.46. The lowest BCUT2D eigenvalue weighted by Gasteiger charge is -2.51. The summed E-state index contributed by atoms with van der Waals surface area (Å²) < 4.78 is 0. The summed E-state index contributed by atoms with van der Waals surface area (Å²) >= 11 is 0. The van der Waals surface area contributed by atoms with E-state index in [1.807, 2.05) is 0 Å². The van der Waals surface area contributed by atoms with Crippen molar-refractivity contribution < 1.29 is 5.11 Å². The van der Waals surface area contributed by atoms with Crippen LogP contribution >= 0.6 is 0 Å². The molecule has 2 heteroatoms. The molecule has 2 nitrogen and oxygen atoms in total. The molecule has 2 N–H and O–H groups in total. The standard InChI is InChI=1S/C16H31NO/c1-15(2,3)14-10-6-7-11-16(14,12-18)17-13-8-4-5-9-13/h13-14,17-18H,4-12H2,1-3H3. The predicted octanol–water partition coefficient (Wildman–Crippen LogP) is 3.49. The van der Waals surface area contributed by atoms with E-state index in [9.17, 15) is 5.11 Å². The summed E-state index contributed by atoms with van der Waals surface area (Å²) in [5.74, 6) is 0.601. The smallest absolute Gasteiger partial charge is 0.0616 e. The highest BCUT2D eigenvalue weighted by atomic mass is 16.3. The van der Waals surface area contributed by atoms with Crippen LogP contribution < -0.4 is 5.32 Å². The summed E-state index contributed by atoms with van der Waals surface area (Å²) in [6.45, 7) is 7.32. The molecule has 0 amide bonds. The Labute approximate surface area is 113 Å². The molecule has 0 heterocycles. The second-order valence-electron chi connectivity index (χ2n) is 7.60. The molecule has 2 atom stereocenters. The molecule has 2 rings (SSSR count). The molecule has 2 saturated carbocycles. The molecule has 18 heavy (non-hydrogen) atoms. The van der Waals surface area contributed by atoms with Gasteiger partial charge in [-0.1, -0.05) is 46.5 Å². The van der Waals surface area contributed by atoms with Crippen LogP contribution in [0.1, 0.15) is 72.1 Å². The van der Waals surface area contributed by atoms with E-state index in [4.69, 9.17) is 0 Å². The molecule has 2 aliphatic rings. The third-order valence-electron chi connectivity index (χ3n) is 5.21. The van der Waals surface area contributed by atoms with Crippen molar-refractivity contribution in [3.63, 3.8) is 0 Å². The minimum Gasteiger partial charge on any atom is -0.394 e. The van der Waals surface area contributed by atoms with Gasteiger partial charge in [-0.25, -0.2) is 0 Å². The van der Waals surface area contributed by atoms with Crippen molar-refractivity contribution in [3.8, 4) is 0 Å². The van der Waals surface area contributed by atoms with Gasteiger partial charge in [-0.3, -0.25) is 0 Å². The average molecular weight is 253 g/mol. The Hall–Kier alpha value is -0.0800. The Kier molecular flexibility index (Phi) is 4.38. The van der Waals surface area contributed by atoms with Gasteiger partial charge in [0.25, 0.3) is 0 Å². The Bertz CT molecular complexity index is 265. The van der Waals surface area contributed by atoms with Crippen LogP contribution in [0.4, 0.5) is 0 Å². The molecule has 106 valence electrons. The summed E-state index contributed by atoms with van der Waals surface area (Å²) in [5.41, 5.74) is 0.278. The first kappa shape index (κ1) is 14.3. The van der Waals surface area contributed by atoms with E-state index in [0.717, 1.165) is 6.42 Å². The van der Waals surface area contributed by atoms with Gasteiger partial charge in [0.05, 0.1) is 6.61 Å². The quantitative estimate of drug-likeness (QED) is 0.807. The van der Waals surface area contributed by atoms with E-state index in [1.165, 1.54) is 44.9 Å². The van der Waals surface area contributed by atoms with Crippen molar-refractivity contribution in [1.82, 2.24) is 5.32 Å². The van der Waals surface area contributed by atoms with E-state index in [0.29, 0.717) is 18.6 Å². The van der Waals surface area contributed by atoms with Crippen LogP contribution in [0, 0.1) is 11.3 Å². The maximum Gasteiger partial charge on any atom is 0.0616 e. The van der Waals surface area contributed by atoms with Gasteiger partial charge in [0, 0.05) is 11.6 Å². The lowest BCUT2D eigenvalue weighted by atomic mass is 9.62. The fourth-order valence-electron chi connectivity index (χ4n) is 4.39. The highest BCUT2D eigenvalue weighted by Crippen LogP contribution is 2.45. The van der Waals surface area contributed by atoms with E-state index < -0.39 is 0 Å². The van der Waals surface area contributed by atoms with Crippen LogP contribution in [-0.4, -0.2) is 23.3 Å². The summed E-state index contributed by atoms with van der Waals surface area (Å²) in [7, 11) is 0. The first-order valence-corrected chi connectivity index (χ1v) is 7.86. The van der Waals surface area contributed by atoms with Crippen LogP contribution in [0.3, 0.4) is 0 Å². The zero-order valence-corrected chi connectivity index (χ0v) is 12.5. The molecule has 0 spiro atoms. The monoisotopic (exact) mass is 253 g/mol.